The normalized spacial score (nSPS) is 7.81. The summed E-state index contributed by atoms with van der Waals surface area (Å²) in [4.78, 5) is 0. The molecule has 91 valence electrons. The molecule has 1 aromatic carbocycles. The van der Waals surface area contributed by atoms with Crippen molar-refractivity contribution >= 4 is 0 Å². The van der Waals surface area contributed by atoms with Crippen LogP contribution in [0.5, 0.6) is 0 Å². The third kappa shape index (κ3) is 19.7. The van der Waals surface area contributed by atoms with Crippen molar-refractivity contribution in [2.45, 2.75) is 26.2 Å². The summed E-state index contributed by atoms with van der Waals surface area (Å²) in [5.41, 5.74) is 1.48. The number of nitrogens with zero attached hydrogens (tertiary/aromatic N) is 2. The summed E-state index contributed by atoms with van der Waals surface area (Å²) in [6.45, 7) is 2.23. The van der Waals surface area contributed by atoms with Gasteiger partial charge in [-0.3, -0.25) is 0 Å². The van der Waals surface area contributed by atoms with Gasteiger partial charge < -0.3 is 10.6 Å². The van der Waals surface area contributed by atoms with Crippen LogP contribution in [0.2, 0.25) is 0 Å². The third-order valence-electron chi connectivity index (χ3n) is 1.55. The largest absolute Gasteiger partial charge is 3.00 e. The molecular weight excluding hydrogens is 275 g/mol. The van der Waals surface area contributed by atoms with Gasteiger partial charge in [0.1, 0.15) is 0 Å². The third-order valence-corrected chi connectivity index (χ3v) is 1.55. The molecule has 0 aromatic heterocycles. The summed E-state index contributed by atoms with van der Waals surface area (Å²) in [7, 11) is 7.00. The minimum Gasteiger partial charge on any atom is -0.668 e. The summed E-state index contributed by atoms with van der Waals surface area (Å²) in [6.07, 6.45) is 3.87. The molecule has 0 aliphatic heterocycles. The average molecular weight is 301 g/mol. The van der Waals surface area contributed by atoms with Crippen LogP contribution in [-0.4, -0.2) is 28.2 Å². The van der Waals surface area contributed by atoms with E-state index in [1.165, 1.54) is 24.8 Å². The Morgan fingerprint density at radius 3 is 1.94 bits per heavy atom. The van der Waals surface area contributed by atoms with Crippen molar-refractivity contribution in [3.63, 3.8) is 0 Å². The summed E-state index contributed by atoms with van der Waals surface area (Å²) in [5.74, 6) is 0. The second-order valence-corrected chi connectivity index (χ2v) is 3.29. The standard InChI is InChI=1S/C9H13.2C2H6N.Zr/c1-2-3-6-9-7-4-5-8-9;2*1-3-2;/h4-5,7-8H,2-3,6H2,1H3;2*1-2H3;/q3*-1;+3. The van der Waals surface area contributed by atoms with Gasteiger partial charge in [0, 0.05) is 0 Å². The predicted octanol–water partition coefficient (Wildman–Crippen LogP) is 3.99. The van der Waals surface area contributed by atoms with Gasteiger partial charge in [0.25, 0.3) is 0 Å². The molecule has 16 heavy (non-hydrogen) atoms. The van der Waals surface area contributed by atoms with Crippen molar-refractivity contribution in [2.24, 2.45) is 0 Å². The van der Waals surface area contributed by atoms with Crippen molar-refractivity contribution in [1.29, 1.82) is 0 Å². The van der Waals surface area contributed by atoms with Crippen molar-refractivity contribution < 1.29 is 26.2 Å². The molecule has 0 heterocycles. The van der Waals surface area contributed by atoms with E-state index >= 15 is 0 Å². The van der Waals surface area contributed by atoms with Crippen molar-refractivity contribution in [1.82, 2.24) is 0 Å². The van der Waals surface area contributed by atoms with Gasteiger partial charge >= 0.3 is 26.2 Å². The number of unbranched alkanes of at least 4 members (excludes halogenated alkanes) is 1. The first-order chi connectivity index (χ1) is 7.26. The fourth-order valence-electron chi connectivity index (χ4n) is 0.961. The number of hydrogen-bond acceptors (Lipinski definition) is 0. The fraction of sp³-hybridized carbons (Fsp3) is 0.615. The quantitative estimate of drug-likeness (QED) is 0.755. The smallest absolute Gasteiger partial charge is 0.668 e. The van der Waals surface area contributed by atoms with Gasteiger partial charge in [-0.2, -0.15) is 45.9 Å². The Bertz CT molecular complexity index is 172. The van der Waals surface area contributed by atoms with E-state index in [2.05, 4.69) is 41.8 Å². The molecule has 1 aromatic rings. The zero-order chi connectivity index (χ0) is 11.9. The first-order valence-corrected chi connectivity index (χ1v) is 5.43. The Labute approximate surface area is 121 Å². The Morgan fingerprint density at radius 1 is 1.12 bits per heavy atom. The van der Waals surface area contributed by atoms with Crippen molar-refractivity contribution in [3.05, 3.63) is 40.5 Å². The van der Waals surface area contributed by atoms with Gasteiger partial charge in [-0.25, -0.2) is 12.1 Å². The average Bonchev–Trinajstić information content (AvgIpc) is 2.70. The molecule has 0 saturated carbocycles. The van der Waals surface area contributed by atoms with Crippen LogP contribution in [0.4, 0.5) is 0 Å². The first-order valence-electron chi connectivity index (χ1n) is 5.43. The van der Waals surface area contributed by atoms with E-state index < -0.39 is 0 Å². The van der Waals surface area contributed by atoms with Gasteiger partial charge in [-0.15, -0.1) is 0 Å². The Hall–Kier alpha value is 0.153. The van der Waals surface area contributed by atoms with Crippen LogP contribution >= 0.6 is 0 Å². The molecule has 0 bridgehead atoms. The minimum absolute atomic E-state index is 0. The molecule has 0 N–H and O–H groups in total. The molecule has 0 atom stereocenters. The van der Waals surface area contributed by atoms with E-state index in [0.29, 0.717) is 0 Å². The monoisotopic (exact) mass is 299 g/mol. The van der Waals surface area contributed by atoms with Crippen LogP contribution in [-0.2, 0) is 32.6 Å². The minimum atomic E-state index is 0. The van der Waals surface area contributed by atoms with Gasteiger partial charge in [0.15, 0.2) is 0 Å². The maximum atomic E-state index is 3.50. The van der Waals surface area contributed by atoms with E-state index in [0.717, 1.165) is 0 Å². The van der Waals surface area contributed by atoms with Crippen molar-refractivity contribution in [2.75, 3.05) is 28.2 Å². The summed E-state index contributed by atoms with van der Waals surface area (Å²) in [5, 5.41) is 7.00. The van der Waals surface area contributed by atoms with E-state index in [1.54, 1.807) is 28.2 Å². The molecule has 0 fully saturated rings. The molecule has 0 saturated heterocycles. The van der Waals surface area contributed by atoms with Crippen LogP contribution < -0.4 is 0 Å². The van der Waals surface area contributed by atoms with Crippen LogP contribution in [0.15, 0.2) is 24.3 Å². The zero-order valence-corrected chi connectivity index (χ0v) is 13.8. The van der Waals surface area contributed by atoms with Gasteiger partial charge in [0.05, 0.1) is 0 Å². The number of aryl methyl sites for hydroxylation is 1. The summed E-state index contributed by atoms with van der Waals surface area (Å²) < 4.78 is 0. The molecule has 1 rings (SSSR count). The Morgan fingerprint density at radius 2 is 1.62 bits per heavy atom. The SMILES string of the molecule is CCCCc1ccc[cH-]1.C[N-]C.C[N-]C.[Zr+3]. The van der Waals surface area contributed by atoms with Crippen molar-refractivity contribution in [3.8, 4) is 0 Å². The van der Waals surface area contributed by atoms with Gasteiger partial charge in [0.2, 0.25) is 0 Å². The molecule has 0 amide bonds. The molecule has 0 unspecified atom stereocenters. The van der Waals surface area contributed by atoms with Crippen LogP contribution in [0.25, 0.3) is 10.6 Å². The summed E-state index contributed by atoms with van der Waals surface area (Å²) in [6, 6.07) is 8.58. The Balaban J connectivity index is -0.000000207. The predicted molar refractivity (Wildman–Crippen MR) is 71.1 cm³/mol. The van der Waals surface area contributed by atoms with Gasteiger partial charge in [-0.1, -0.05) is 26.2 Å². The molecule has 2 nitrogen and oxygen atoms in total. The fourth-order valence-corrected chi connectivity index (χ4v) is 0.961. The zero-order valence-electron chi connectivity index (χ0n) is 11.3. The first kappa shape index (κ1) is 21.4. The molecular formula is C13H25N2Zr. The van der Waals surface area contributed by atoms with Gasteiger partial charge in [-0.05, 0) is 0 Å². The topological polar surface area (TPSA) is 28.2 Å². The van der Waals surface area contributed by atoms with E-state index in [1.807, 2.05) is 0 Å². The molecule has 0 aliphatic rings. The molecule has 3 heteroatoms. The maximum absolute atomic E-state index is 3.50. The van der Waals surface area contributed by atoms with E-state index in [-0.39, 0.29) is 26.2 Å². The second-order valence-electron chi connectivity index (χ2n) is 3.29. The van der Waals surface area contributed by atoms with E-state index in [4.69, 9.17) is 0 Å². The Kier molecular flexibility index (Phi) is 27.5. The maximum Gasteiger partial charge on any atom is 3.00 e. The molecule has 0 spiro atoms. The molecule has 1 radical (unpaired) electrons. The number of hydrogen-bond donors (Lipinski definition) is 0. The van der Waals surface area contributed by atoms with Crippen LogP contribution in [0.3, 0.4) is 0 Å². The van der Waals surface area contributed by atoms with Crippen LogP contribution in [0.1, 0.15) is 25.3 Å². The summed E-state index contributed by atoms with van der Waals surface area (Å²) >= 11 is 0. The molecule has 0 aliphatic carbocycles. The van der Waals surface area contributed by atoms with Crippen LogP contribution in [0, 0.1) is 0 Å². The second kappa shape index (κ2) is 20.6. The number of rotatable bonds is 3. The van der Waals surface area contributed by atoms with E-state index in [9.17, 15) is 0 Å².